The van der Waals surface area contributed by atoms with Gasteiger partial charge in [-0.25, -0.2) is 4.68 Å². The molecular weight excluding hydrogens is 348 g/mol. The van der Waals surface area contributed by atoms with Gasteiger partial charge in [0.25, 0.3) is 5.56 Å². The first kappa shape index (κ1) is 18.1. The van der Waals surface area contributed by atoms with E-state index >= 15 is 0 Å². The zero-order valence-corrected chi connectivity index (χ0v) is 15.3. The van der Waals surface area contributed by atoms with Crippen LogP contribution in [0.1, 0.15) is 12.0 Å². The standard InChI is InChI=1S/C19H20N4O2S/c1-14-6-8-15(9-7-14)26-13-11-20-18(24)10-12-23-19(25)16-4-2-3-5-17(16)21-22-23/h2-9H,10-13H2,1H3,(H,20,24). The zero-order valence-electron chi connectivity index (χ0n) is 14.5. The van der Waals surface area contributed by atoms with Gasteiger partial charge in [-0.3, -0.25) is 9.59 Å². The van der Waals surface area contributed by atoms with Crippen LogP contribution in [0.15, 0.2) is 58.2 Å². The van der Waals surface area contributed by atoms with Crippen LogP contribution in [0.3, 0.4) is 0 Å². The number of rotatable bonds is 7. The predicted octanol–water partition coefficient (Wildman–Crippen LogP) is 2.40. The average Bonchev–Trinajstić information content (AvgIpc) is 2.66. The van der Waals surface area contributed by atoms with Gasteiger partial charge < -0.3 is 5.32 Å². The molecule has 1 amide bonds. The Labute approximate surface area is 155 Å². The maximum Gasteiger partial charge on any atom is 0.277 e. The highest BCUT2D eigenvalue weighted by atomic mass is 32.2. The van der Waals surface area contributed by atoms with Crippen molar-refractivity contribution in [2.45, 2.75) is 24.8 Å². The van der Waals surface area contributed by atoms with Crippen LogP contribution in [0.5, 0.6) is 0 Å². The quantitative estimate of drug-likeness (QED) is 0.512. The van der Waals surface area contributed by atoms with E-state index in [4.69, 9.17) is 0 Å². The molecule has 0 aliphatic heterocycles. The van der Waals surface area contributed by atoms with Crippen LogP contribution in [-0.4, -0.2) is 33.2 Å². The Morgan fingerprint density at radius 1 is 1.15 bits per heavy atom. The summed E-state index contributed by atoms with van der Waals surface area (Å²) in [5, 5.41) is 11.3. The molecule has 1 N–H and O–H groups in total. The molecule has 2 aromatic carbocycles. The first-order valence-corrected chi connectivity index (χ1v) is 9.41. The van der Waals surface area contributed by atoms with Gasteiger partial charge in [-0.1, -0.05) is 35.0 Å². The van der Waals surface area contributed by atoms with Crippen molar-refractivity contribution in [1.82, 2.24) is 20.3 Å². The molecule has 1 aromatic heterocycles. The molecule has 0 unspecified atom stereocenters. The molecule has 0 saturated carbocycles. The van der Waals surface area contributed by atoms with Gasteiger partial charge >= 0.3 is 0 Å². The van der Waals surface area contributed by atoms with E-state index < -0.39 is 0 Å². The highest BCUT2D eigenvalue weighted by molar-refractivity contribution is 7.99. The molecule has 0 radical (unpaired) electrons. The third-order valence-corrected chi connectivity index (χ3v) is 4.91. The SMILES string of the molecule is Cc1ccc(SCCNC(=O)CCn2nnc3ccccc3c2=O)cc1. The molecule has 3 rings (SSSR count). The fourth-order valence-corrected chi connectivity index (χ4v) is 3.23. The first-order valence-electron chi connectivity index (χ1n) is 8.42. The van der Waals surface area contributed by atoms with Crippen LogP contribution in [-0.2, 0) is 11.3 Å². The fraction of sp³-hybridized carbons (Fsp3) is 0.263. The van der Waals surface area contributed by atoms with E-state index in [0.29, 0.717) is 17.4 Å². The predicted molar refractivity (Wildman–Crippen MR) is 103 cm³/mol. The minimum atomic E-state index is -0.224. The number of amides is 1. The lowest BCUT2D eigenvalue weighted by Gasteiger charge is -2.07. The Balaban J connectivity index is 1.45. The molecule has 0 spiro atoms. The molecule has 26 heavy (non-hydrogen) atoms. The van der Waals surface area contributed by atoms with Crippen molar-refractivity contribution in [3.05, 3.63) is 64.4 Å². The van der Waals surface area contributed by atoms with E-state index in [2.05, 4.69) is 46.8 Å². The topological polar surface area (TPSA) is 76.9 Å². The highest BCUT2D eigenvalue weighted by Gasteiger charge is 2.07. The number of nitrogens with zero attached hydrogens (tertiary/aromatic N) is 3. The number of carbonyl (C=O) groups is 1. The summed E-state index contributed by atoms with van der Waals surface area (Å²) in [5.74, 6) is 0.696. The van der Waals surface area contributed by atoms with Gasteiger partial charge in [-0.05, 0) is 31.2 Å². The molecule has 1 heterocycles. The summed E-state index contributed by atoms with van der Waals surface area (Å²) in [4.78, 5) is 25.5. The van der Waals surface area contributed by atoms with E-state index in [1.54, 1.807) is 30.0 Å². The van der Waals surface area contributed by atoms with Gasteiger partial charge in [0.1, 0.15) is 5.52 Å². The molecular formula is C19H20N4O2S. The van der Waals surface area contributed by atoms with Crippen LogP contribution >= 0.6 is 11.8 Å². The maximum atomic E-state index is 12.3. The molecule has 6 nitrogen and oxygen atoms in total. The third kappa shape index (κ3) is 4.70. The number of thioether (sulfide) groups is 1. The molecule has 7 heteroatoms. The van der Waals surface area contributed by atoms with Crippen molar-refractivity contribution in [1.29, 1.82) is 0 Å². The Morgan fingerprint density at radius 2 is 1.92 bits per heavy atom. The summed E-state index contributed by atoms with van der Waals surface area (Å²) in [5.41, 5.74) is 1.57. The summed E-state index contributed by atoms with van der Waals surface area (Å²) in [7, 11) is 0. The lowest BCUT2D eigenvalue weighted by Crippen LogP contribution is -2.30. The van der Waals surface area contributed by atoms with Crippen molar-refractivity contribution in [3.8, 4) is 0 Å². The molecule has 134 valence electrons. The van der Waals surface area contributed by atoms with E-state index in [9.17, 15) is 9.59 Å². The van der Waals surface area contributed by atoms with E-state index in [-0.39, 0.29) is 24.4 Å². The summed E-state index contributed by atoms with van der Waals surface area (Å²) < 4.78 is 1.24. The van der Waals surface area contributed by atoms with Crippen molar-refractivity contribution in [2.75, 3.05) is 12.3 Å². The lowest BCUT2D eigenvalue weighted by molar-refractivity contribution is -0.121. The number of aromatic nitrogens is 3. The number of fused-ring (bicyclic) bond motifs is 1. The monoisotopic (exact) mass is 368 g/mol. The van der Waals surface area contributed by atoms with Crippen molar-refractivity contribution in [2.24, 2.45) is 0 Å². The Hall–Kier alpha value is -2.67. The van der Waals surface area contributed by atoms with Crippen molar-refractivity contribution >= 4 is 28.6 Å². The normalized spacial score (nSPS) is 10.8. The molecule has 0 fully saturated rings. The third-order valence-electron chi connectivity index (χ3n) is 3.89. The second-order valence-corrected chi connectivity index (χ2v) is 7.06. The summed E-state index contributed by atoms with van der Waals surface area (Å²) in [6.07, 6.45) is 0.197. The Bertz CT molecular complexity index is 954. The molecule has 0 bridgehead atoms. The fourth-order valence-electron chi connectivity index (χ4n) is 2.46. The number of hydrogen-bond acceptors (Lipinski definition) is 5. The zero-order chi connectivity index (χ0) is 18.4. The van der Waals surface area contributed by atoms with Gasteiger partial charge in [-0.2, -0.15) is 0 Å². The van der Waals surface area contributed by atoms with Gasteiger partial charge in [-0.15, -0.1) is 16.9 Å². The van der Waals surface area contributed by atoms with Gasteiger partial charge in [0.2, 0.25) is 5.91 Å². The minimum Gasteiger partial charge on any atom is -0.355 e. The smallest absolute Gasteiger partial charge is 0.277 e. The molecule has 0 saturated heterocycles. The van der Waals surface area contributed by atoms with Crippen LogP contribution in [0.2, 0.25) is 0 Å². The van der Waals surface area contributed by atoms with E-state index in [0.717, 1.165) is 5.75 Å². The summed E-state index contributed by atoms with van der Waals surface area (Å²) >= 11 is 1.70. The molecule has 0 aliphatic carbocycles. The van der Waals surface area contributed by atoms with Crippen LogP contribution in [0.4, 0.5) is 0 Å². The molecule has 3 aromatic rings. The van der Waals surface area contributed by atoms with Crippen molar-refractivity contribution in [3.63, 3.8) is 0 Å². The maximum absolute atomic E-state index is 12.3. The van der Waals surface area contributed by atoms with Crippen molar-refractivity contribution < 1.29 is 4.79 Å². The lowest BCUT2D eigenvalue weighted by atomic mass is 10.2. The summed E-state index contributed by atoms with van der Waals surface area (Å²) in [6.45, 7) is 2.85. The highest BCUT2D eigenvalue weighted by Crippen LogP contribution is 2.17. The largest absolute Gasteiger partial charge is 0.355 e. The molecule has 0 atom stereocenters. The Kier molecular flexibility index (Phi) is 6.01. The number of nitrogens with one attached hydrogen (secondary N) is 1. The number of aryl methyl sites for hydroxylation is 2. The van der Waals surface area contributed by atoms with Crippen LogP contribution < -0.4 is 10.9 Å². The average molecular weight is 368 g/mol. The van der Waals surface area contributed by atoms with Gasteiger partial charge in [0, 0.05) is 23.6 Å². The van der Waals surface area contributed by atoms with Gasteiger partial charge in [0.05, 0.1) is 11.9 Å². The van der Waals surface area contributed by atoms with Crippen LogP contribution in [0.25, 0.3) is 10.9 Å². The number of hydrogen-bond donors (Lipinski definition) is 1. The minimum absolute atomic E-state index is 0.101. The van der Waals surface area contributed by atoms with Gasteiger partial charge in [0.15, 0.2) is 0 Å². The van der Waals surface area contributed by atoms with E-state index in [1.165, 1.54) is 15.1 Å². The van der Waals surface area contributed by atoms with E-state index in [1.807, 2.05) is 6.07 Å². The second-order valence-electron chi connectivity index (χ2n) is 5.90. The van der Waals surface area contributed by atoms with Crippen LogP contribution in [0, 0.1) is 6.92 Å². The summed E-state index contributed by atoms with van der Waals surface area (Å²) in [6, 6.07) is 15.3. The second kappa shape index (κ2) is 8.62. The first-order chi connectivity index (χ1) is 12.6. The number of carbonyl (C=O) groups excluding carboxylic acids is 1. The molecule has 0 aliphatic rings. The Morgan fingerprint density at radius 3 is 2.73 bits per heavy atom. The number of benzene rings is 2.